The molecule has 1 aliphatic rings. The molecule has 0 saturated carbocycles. The molecule has 0 aromatic carbocycles. The van der Waals surface area contributed by atoms with Gasteiger partial charge in [-0.05, 0) is 25.7 Å². The molecule has 1 amide bonds. The number of carboxylic acid groups (broad SMARTS) is 1. The van der Waals surface area contributed by atoms with Crippen molar-refractivity contribution in [2.45, 2.75) is 38.6 Å². The van der Waals surface area contributed by atoms with Crippen LogP contribution in [0, 0.1) is 5.92 Å². The Morgan fingerprint density at radius 1 is 1.50 bits per heavy atom. The summed E-state index contributed by atoms with van der Waals surface area (Å²) in [6.07, 6.45) is 2.98. The van der Waals surface area contributed by atoms with Crippen LogP contribution in [-0.2, 0) is 9.59 Å². The van der Waals surface area contributed by atoms with Gasteiger partial charge in [-0.15, -0.1) is 0 Å². The van der Waals surface area contributed by atoms with Crippen LogP contribution >= 0.6 is 0 Å². The molecule has 0 radical (unpaired) electrons. The number of aliphatic carboxylic acids is 1. The number of rotatable bonds is 4. The van der Waals surface area contributed by atoms with Gasteiger partial charge in [-0.25, -0.2) is 4.79 Å². The van der Waals surface area contributed by atoms with Gasteiger partial charge in [0.25, 0.3) is 0 Å². The lowest BCUT2D eigenvalue weighted by Crippen LogP contribution is -2.51. The average Bonchev–Trinajstić information content (AvgIpc) is 2.30. The molecular formula is C11H20N2O3. The Bertz CT molecular complexity index is 264. The van der Waals surface area contributed by atoms with Crippen molar-refractivity contribution < 1.29 is 14.7 Å². The second-order valence-electron chi connectivity index (χ2n) is 4.22. The van der Waals surface area contributed by atoms with Crippen LogP contribution in [0.25, 0.3) is 0 Å². The molecule has 16 heavy (non-hydrogen) atoms. The summed E-state index contributed by atoms with van der Waals surface area (Å²) in [5, 5.41) is 9.06. The number of piperidine rings is 1. The van der Waals surface area contributed by atoms with E-state index in [1.165, 1.54) is 4.90 Å². The summed E-state index contributed by atoms with van der Waals surface area (Å²) in [6, 6.07) is -0.651. The van der Waals surface area contributed by atoms with Gasteiger partial charge in [0.15, 0.2) is 0 Å². The molecule has 5 heteroatoms. The molecule has 5 nitrogen and oxygen atoms in total. The van der Waals surface area contributed by atoms with Crippen molar-refractivity contribution in [1.82, 2.24) is 4.90 Å². The maximum absolute atomic E-state index is 12.1. The minimum atomic E-state index is -0.903. The average molecular weight is 228 g/mol. The quantitative estimate of drug-likeness (QED) is 0.731. The third-order valence-corrected chi connectivity index (χ3v) is 3.20. The molecule has 1 saturated heterocycles. The first-order valence-electron chi connectivity index (χ1n) is 5.85. The summed E-state index contributed by atoms with van der Waals surface area (Å²) in [4.78, 5) is 24.6. The van der Waals surface area contributed by atoms with E-state index in [2.05, 4.69) is 0 Å². The summed E-state index contributed by atoms with van der Waals surface area (Å²) in [6.45, 7) is 2.74. The van der Waals surface area contributed by atoms with Crippen LogP contribution in [0.2, 0.25) is 0 Å². The van der Waals surface area contributed by atoms with Gasteiger partial charge in [0, 0.05) is 13.1 Å². The topological polar surface area (TPSA) is 83.6 Å². The lowest BCUT2D eigenvalue weighted by atomic mass is 9.98. The Morgan fingerprint density at radius 2 is 2.19 bits per heavy atom. The van der Waals surface area contributed by atoms with Gasteiger partial charge >= 0.3 is 5.97 Å². The third kappa shape index (κ3) is 2.72. The summed E-state index contributed by atoms with van der Waals surface area (Å²) in [7, 11) is 0. The number of nitrogens with zero attached hydrogens (tertiary/aromatic N) is 1. The first kappa shape index (κ1) is 13.0. The molecule has 0 aromatic rings. The molecule has 1 rings (SSSR count). The minimum absolute atomic E-state index is 0.0999. The highest BCUT2D eigenvalue weighted by molar-refractivity contribution is 5.85. The third-order valence-electron chi connectivity index (χ3n) is 3.20. The van der Waals surface area contributed by atoms with E-state index in [4.69, 9.17) is 10.8 Å². The highest BCUT2D eigenvalue weighted by atomic mass is 16.4. The van der Waals surface area contributed by atoms with Crippen LogP contribution in [0.4, 0.5) is 0 Å². The molecule has 0 aliphatic carbocycles. The van der Waals surface area contributed by atoms with Crippen LogP contribution in [0.15, 0.2) is 0 Å². The second kappa shape index (κ2) is 5.84. The molecule has 1 aliphatic heterocycles. The second-order valence-corrected chi connectivity index (χ2v) is 4.22. The lowest BCUT2D eigenvalue weighted by Gasteiger charge is -2.35. The normalized spacial score (nSPS) is 22.9. The van der Waals surface area contributed by atoms with E-state index in [-0.39, 0.29) is 18.4 Å². The Kier molecular flexibility index (Phi) is 4.73. The highest BCUT2D eigenvalue weighted by Crippen LogP contribution is 2.20. The highest BCUT2D eigenvalue weighted by Gasteiger charge is 2.34. The van der Waals surface area contributed by atoms with E-state index in [9.17, 15) is 9.59 Å². The number of carboxylic acids is 1. The Labute approximate surface area is 95.6 Å². The van der Waals surface area contributed by atoms with Crippen molar-refractivity contribution in [3.63, 3.8) is 0 Å². The minimum Gasteiger partial charge on any atom is -0.480 e. The lowest BCUT2D eigenvalue weighted by molar-refractivity contribution is -0.153. The van der Waals surface area contributed by atoms with Crippen LogP contribution in [0.5, 0.6) is 0 Å². The maximum Gasteiger partial charge on any atom is 0.326 e. The number of hydrogen-bond donors (Lipinski definition) is 2. The predicted molar refractivity (Wildman–Crippen MR) is 59.8 cm³/mol. The SMILES string of the molecule is CCC(CN)C(=O)N1CCCC[C@H]1C(=O)O. The van der Waals surface area contributed by atoms with Crippen molar-refractivity contribution in [2.24, 2.45) is 11.7 Å². The molecule has 1 fully saturated rings. The van der Waals surface area contributed by atoms with Crippen molar-refractivity contribution in [3.05, 3.63) is 0 Å². The number of likely N-dealkylation sites (tertiary alicyclic amines) is 1. The van der Waals surface area contributed by atoms with Crippen LogP contribution in [-0.4, -0.2) is 41.0 Å². The number of hydrogen-bond acceptors (Lipinski definition) is 3. The molecule has 1 unspecified atom stereocenters. The number of carbonyl (C=O) groups is 2. The van der Waals surface area contributed by atoms with Crippen LogP contribution in [0.1, 0.15) is 32.6 Å². The van der Waals surface area contributed by atoms with E-state index in [0.717, 1.165) is 12.8 Å². The van der Waals surface area contributed by atoms with Crippen molar-refractivity contribution >= 4 is 11.9 Å². The van der Waals surface area contributed by atoms with E-state index >= 15 is 0 Å². The molecule has 0 bridgehead atoms. The number of nitrogens with two attached hydrogens (primary N) is 1. The largest absolute Gasteiger partial charge is 0.480 e. The van der Waals surface area contributed by atoms with Gasteiger partial charge in [0.2, 0.25) is 5.91 Å². The molecule has 0 spiro atoms. The Morgan fingerprint density at radius 3 is 2.69 bits per heavy atom. The molecule has 0 aromatic heterocycles. The standard InChI is InChI=1S/C11H20N2O3/c1-2-8(7-12)10(14)13-6-4-3-5-9(13)11(15)16/h8-9H,2-7,12H2,1H3,(H,15,16)/t8?,9-/m0/s1. The first-order valence-corrected chi connectivity index (χ1v) is 5.85. The fourth-order valence-corrected chi connectivity index (χ4v) is 2.13. The summed E-state index contributed by atoms with van der Waals surface area (Å²) >= 11 is 0. The zero-order chi connectivity index (χ0) is 12.1. The van der Waals surface area contributed by atoms with Gasteiger partial charge in [-0.3, -0.25) is 4.79 Å². The fourth-order valence-electron chi connectivity index (χ4n) is 2.13. The number of amides is 1. The summed E-state index contributed by atoms with van der Waals surface area (Å²) in [5.41, 5.74) is 5.52. The Hall–Kier alpha value is -1.10. The predicted octanol–water partition coefficient (Wildman–Crippen LogP) is 0.437. The van der Waals surface area contributed by atoms with Gasteiger partial charge in [-0.2, -0.15) is 0 Å². The molecule has 92 valence electrons. The Balaban J connectivity index is 2.74. The monoisotopic (exact) mass is 228 g/mol. The summed E-state index contributed by atoms with van der Waals surface area (Å²) < 4.78 is 0. The van der Waals surface area contributed by atoms with E-state index in [0.29, 0.717) is 19.4 Å². The molecule has 2 atom stereocenters. The number of carbonyl (C=O) groups excluding carboxylic acids is 1. The summed E-state index contributed by atoms with van der Waals surface area (Å²) in [5.74, 6) is -1.24. The van der Waals surface area contributed by atoms with Crippen LogP contribution in [0.3, 0.4) is 0 Å². The van der Waals surface area contributed by atoms with Crippen molar-refractivity contribution in [3.8, 4) is 0 Å². The zero-order valence-electron chi connectivity index (χ0n) is 9.69. The smallest absolute Gasteiger partial charge is 0.326 e. The van der Waals surface area contributed by atoms with E-state index < -0.39 is 12.0 Å². The van der Waals surface area contributed by atoms with Gasteiger partial charge in [-0.1, -0.05) is 6.92 Å². The van der Waals surface area contributed by atoms with Gasteiger partial charge in [0.05, 0.1) is 5.92 Å². The molecule has 3 N–H and O–H groups in total. The van der Waals surface area contributed by atoms with Crippen molar-refractivity contribution in [1.29, 1.82) is 0 Å². The van der Waals surface area contributed by atoms with Gasteiger partial charge in [0.1, 0.15) is 6.04 Å². The van der Waals surface area contributed by atoms with Gasteiger partial charge < -0.3 is 15.7 Å². The zero-order valence-corrected chi connectivity index (χ0v) is 9.69. The molecular weight excluding hydrogens is 208 g/mol. The first-order chi connectivity index (χ1) is 7.61. The maximum atomic E-state index is 12.1. The van der Waals surface area contributed by atoms with E-state index in [1.54, 1.807) is 0 Å². The van der Waals surface area contributed by atoms with Crippen LogP contribution < -0.4 is 5.73 Å². The van der Waals surface area contributed by atoms with E-state index in [1.807, 2.05) is 6.92 Å². The van der Waals surface area contributed by atoms with Crippen molar-refractivity contribution in [2.75, 3.05) is 13.1 Å². The molecule has 1 heterocycles. The fraction of sp³-hybridized carbons (Fsp3) is 0.818.